The molecule has 0 bridgehead atoms. The molecule has 3 heteroatoms. The van der Waals surface area contributed by atoms with Crippen molar-refractivity contribution in [1.29, 1.82) is 0 Å². The Morgan fingerprint density at radius 2 is 1.76 bits per heavy atom. The molecular weight excluding hydrogens is 262 g/mol. The number of hydrogen-bond donors (Lipinski definition) is 1. The fourth-order valence-electron chi connectivity index (χ4n) is 2.36. The molecule has 0 radical (unpaired) electrons. The molecule has 110 valence electrons. The highest BCUT2D eigenvalue weighted by molar-refractivity contribution is 5.69. The van der Waals surface area contributed by atoms with Crippen LogP contribution in [0.4, 0.5) is 5.69 Å². The van der Waals surface area contributed by atoms with Crippen LogP contribution in [0.3, 0.4) is 0 Å². The summed E-state index contributed by atoms with van der Waals surface area (Å²) in [6.07, 6.45) is 0.156. The average Bonchev–Trinajstić information content (AvgIpc) is 2.47. The summed E-state index contributed by atoms with van der Waals surface area (Å²) in [5, 5.41) is 8.91. The number of benzene rings is 2. The number of rotatable bonds is 5. The minimum Gasteiger partial charge on any atom is -0.481 e. The molecule has 1 unspecified atom stereocenters. The number of aliphatic carboxylic acids is 1. The largest absolute Gasteiger partial charge is 0.481 e. The van der Waals surface area contributed by atoms with Crippen LogP contribution in [0.15, 0.2) is 48.5 Å². The zero-order valence-electron chi connectivity index (χ0n) is 12.7. The van der Waals surface area contributed by atoms with Gasteiger partial charge in [-0.2, -0.15) is 0 Å². The number of carboxylic acid groups (broad SMARTS) is 1. The lowest BCUT2D eigenvalue weighted by atomic mass is 9.94. The van der Waals surface area contributed by atoms with Crippen LogP contribution in [-0.4, -0.2) is 25.2 Å². The van der Waals surface area contributed by atoms with Gasteiger partial charge in [-0.05, 0) is 34.7 Å². The van der Waals surface area contributed by atoms with Gasteiger partial charge in [0.05, 0.1) is 6.42 Å². The Kier molecular flexibility index (Phi) is 4.63. The minimum atomic E-state index is -0.761. The molecule has 0 aliphatic rings. The van der Waals surface area contributed by atoms with E-state index >= 15 is 0 Å². The van der Waals surface area contributed by atoms with E-state index in [1.807, 2.05) is 33.2 Å². The Balaban J connectivity index is 2.26. The van der Waals surface area contributed by atoms with Gasteiger partial charge in [0.2, 0.25) is 0 Å². The zero-order valence-corrected chi connectivity index (χ0v) is 12.7. The third-order valence-electron chi connectivity index (χ3n) is 3.65. The molecule has 0 amide bonds. The highest BCUT2D eigenvalue weighted by atomic mass is 16.4. The van der Waals surface area contributed by atoms with Gasteiger partial charge in [-0.15, -0.1) is 0 Å². The van der Waals surface area contributed by atoms with Crippen molar-refractivity contribution < 1.29 is 9.90 Å². The standard InChI is InChI=1S/C18H21NO2/c1-13(11-18(20)21)15-5-4-6-16(12-15)14-7-9-17(10-8-14)19(2)3/h4-10,12-13H,11H2,1-3H3,(H,20,21). The summed E-state index contributed by atoms with van der Waals surface area (Å²) in [6.45, 7) is 1.95. The molecule has 0 aromatic heterocycles. The second-order valence-corrected chi connectivity index (χ2v) is 5.57. The number of carboxylic acids is 1. The van der Waals surface area contributed by atoms with Gasteiger partial charge >= 0.3 is 5.97 Å². The van der Waals surface area contributed by atoms with Crippen LogP contribution < -0.4 is 4.90 Å². The molecular formula is C18H21NO2. The average molecular weight is 283 g/mol. The number of nitrogens with zero attached hydrogens (tertiary/aromatic N) is 1. The van der Waals surface area contributed by atoms with Gasteiger partial charge < -0.3 is 10.0 Å². The lowest BCUT2D eigenvalue weighted by Gasteiger charge is -2.14. The molecule has 0 spiro atoms. The first-order valence-corrected chi connectivity index (χ1v) is 7.07. The minimum absolute atomic E-state index is 0.0171. The quantitative estimate of drug-likeness (QED) is 0.901. The van der Waals surface area contributed by atoms with Crippen LogP contribution in [0, 0.1) is 0 Å². The van der Waals surface area contributed by atoms with Gasteiger partial charge in [0.15, 0.2) is 0 Å². The van der Waals surface area contributed by atoms with Gasteiger partial charge in [-0.1, -0.05) is 43.3 Å². The second-order valence-electron chi connectivity index (χ2n) is 5.57. The molecule has 1 atom stereocenters. The second kappa shape index (κ2) is 6.44. The molecule has 2 aromatic carbocycles. The van der Waals surface area contributed by atoms with Crippen molar-refractivity contribution in [3.63, 3.8) is 0 Å². The van der Waals surface area contributed by atoms with E-state index < -0.39 is 5.97 Å². The number of carbonyl (C=O) groups is 1. The predicted molar refractivity (Wildman–Crippen MR) is 86.9 cm³/mol. The Hall–Kier alpha value is -2.29. The van der Waals surface area contributed by atoms with Crippen molar-refractivity contribution >= 4 is 11.7 Å². The molecule has 2 rings (SSSR count). The fraction of sp³-hybridized carbons (Fsp3) is 0.278. The van der Waals surface area contributed by atoms with Crippen LogP contribution in [-0.2, 0) is 4.79 Å². The predicted octanol–water partition coefficient (Wildman–Crippen LogP) is 4.00. The lowest BCUT2D eigenvalue weighted by Crippen LogP contribution is -2.07. The smallest absolute Gasteiger partial charge is 0.303 e. The molecule has 3 nitrogen and oxygen atoms in total. The summed E-state index contributed by atoms with van der Waals surface area (Å²) in [7, 11) is 4.03. The maximum Gasteiger partial charge on any atom is 0.303 e. The summed E-state index contributed by atoms with van der Waals surface area (Å²) >= 11 is 0. The van der Waals surface area contributed by atoms with E-state index in [0.717, 1.165) is 22.4 Å². The molecule has 0 saturated heterocycles. The Labute approximate surface area is 125 Å². The topological polar surface area (TPSA) is 40.5 Å². The zero-order chi connectivity index (χ0) is 15.4. The SMILES string of the molecule is CC(CC(=O)O)c1cccc(-c2ccc(N(C)C)cc2)c1. The first-order valence-electron chi connectivity index (χ1n) is 7.07. The van der Waals surface area contributed by atoms with E-state index in [0.29, 0.717) is 0 Å². The van der Waals surface area contributed by atoms with E-state index in [1.54, 1.807) is 0 Å². The Morgan fingerprint density at radius 1 is 1.10 bits per heavy atom. The maximum atomic E-state index is 10.8. The maximum absolute atomic E-state index is 10.8. The van der Waals surface area contributed by atoms with Crippen LogP contribution in [0.1, 0.15) is 24.8 Å². The molecule has 0 saturated carbocycles. The molecule has 2 aromatic rings. The van der Waals surface area contributed by atoms with E-state index in [1.165, 1.54) is 0 Å². The highest BCUT2D eigenvalue weighted by Gasteiger charge is 2.11. The first kappa shape index (κ1) is 15.1. The summed E-state index contributed by atoms with van der Waals surface area (Å²) in [4.78, 5) is 12.9. The van der Waals surface area contributed by atoms with Crippen molar-refractivity contribution in [2.75, 3.05) is 19.0 Å². The lowest BCUT2D eigenvalue weighted by molar-refractivity contribution is -0.137. The fourth-order valence-corrected chi connectivity index (χ4v) is 2.36. The molecule has 0 fully saturated rings. The van der Waals surface area contributed by atoms with E-state index in [4.69, 9.17) is 5.11 Å². The van der Waals surface area contributed by atoms with Crippen molar-refractivity contribution in [2.24, 2.45) is 0 Å². The normalized spacial score (nSPS) is 12.0. The van der Waals surface area contributed by atoms with Gasteiger partial charge in [0.1, 0.15) is 0 Å². The van der Waals surface area contributed by atoms with Gasteiger partial charge in [-0.25, -0.2) is 0 Å². The van der Waals surface area contributed by atoms with E-state index in [9.17, 15) is 4.79 Å². The van der Waals surface area contributed by atoms with Crippen LogP contribution in [0.25, 0.3) is 11.1 Å². The summed E-state index contributed by atoms with van der Waals surface area (Å²) in [5.74, 6) is -0.744. The van der Waals surface area contributed by atoms with Crippen molar-refractivity contribution in [1.82, 2.24) is 0 Å². The molecule has 0 aliphatic heterocycles. The molecule has 0 heterocycles. The van der Waals surface area contributed by atoms with Gasteiger partial charge in [0, 0.05) is 19.8 Å². The number of hydrogen-bond acceptors (Lipinski definition) is 2. The third kappa shape index (κ3) is 3.85. The van der Waals surface area contributed by atoms with E-state index in [-0.39, 0.29) is 12.3 Å². The molecule has 0 aliphatic carbocycles. The number of anilines is 1. The first-order chi connectivity index (χ1) is 9.97. The van der Waals surface area contributed by atoms with Crippen molar-refractivity contribution in [2.45, 2.75) is 19.3 Å². The van der Waals surface area contributed by atoms with Crippen molar-refractivity contribution in [3.8, 4) is 11.1 Å². The van der Waals surface area contributed by atoms with E-state index in [2.05, 4.69) is 41.3 Å². The van der Waals surface area contributed by atoms with Crippen LogP contribution >= 0.6 is 0 Å². The summed E-state index contributed by atoms with van der Waals surface area (Å²) in [5.41, 5.74) is 4.49. The molecule has 21 heavy (non-hydrogen) atoms. The van der Waals surface area contributed by atoms with Crippen LogP contribution in [0.5, 0.6) is 0 Å². The third-order valence-corrected chi connectivity index (χ3v) is 3.65. The van der Waals surface area contributed by atoms with Crippen LogP contribution in [0.2, 0.25) is 0 Å². The Morgan fingerprint density at radius 3 is 2.33 bits per heavy atom. The van der Waals surface area contributed by atoms with Gasteiger partial charge in [0.25, 0.3) is 0 Å². The molecule has 1 N–H and O–H groups in total. The van der Waals surface area contributed by atoms with Crippen molar-refractivity contribution in [3.05, 3.63) is 54.1 Å². The Bertz CT molecular complexity index is 617. The monoisotopic (exact) mass is 283 g/mol. The highest BCUT2D eigenvalue weighted by Crippen LogP contribution is 2.27. The van der Waals surface area contributed by atoms with Gasteiger partial charge in [-0.3, -0.25) is 4.79 Å². The summed E-state index contributed by atoms with van der Waals surface area (Å²) in [6, 6.07) is 16.5. The summed E-state index contributed by atoms with van der Waals surface area (Å²) < 4.78 is 0.